The van der Waals surface area contributed by atoms with Gasteiger partial charge in [0.25, 0.3) is 0 Å². The van der Waals surface area contributed by atoms with Crippen LogP contribution in [0.2, 0.25) is 0 Å². The molecule has 1 aromatic heterocycles. The van der Waals surface area contributed by atoms with Gasteiger partial charge in [0.2, 0.25) is 10.3 Å². The van der Waals surface area contributed by atoms with Crippen LogP contribution in [-0.2, 0) is 0 Å². The first-order chi connectivity index (χ1) is 11.1. The van der Waals surface area contributed by atoms with E-state index < -0.39 is 0 Å². The van der Waals surface area contributed by atoms with Crippen molar-refractivity contribution in [1.29, 1.82) is 0 Å². The zero-order valence-electron chi connectivity index (χ0n) is 13.4. The first-order valence-corrected chi connectivity index (χ1v) is 8.67. The van der Waals surface area contributed by atoms with Crippen molar-refractivity contribution in [2.45, 2.75) is 33.1 Å². The van der Waals surface area contributed by atoms with Crippen LogP contribution in [0.25, 0.3) is 0 Å². The first-order valence-electron chi connectivity index (χ1n) is 7.85. The smallest absolute Gasteiger partial charge is 0.325 e. The van der Waals surface area contributed by atoms with E-state index in [4.69, 9.17) is 0 Å². The van der Waals surface area contributed by atoms with Crippen molar-refractivity contribution < 1.29 is 4.79 Å². The predicted octanol–water partition coefficient (Wildman–Crippen LogP) is 3.79. The molecule has 1 aliphatic rings. The number of carbonyl (C=O) groups is 1. The van der Waals surface area contributed by atoms with Crippen molar-refractivity contribution >= 4 is 33.3 Å². The lowest BCUT2D eigenvalue weighted by atomic mass is 10.1. The molecule has 23 heavy (non-hydrogen) atoms. The van der Waals surface area contributed by atoms with Crippen LogP contribution in [0.1, 0.15) is 30.4 Å². The molecule has 0 atom stereocenters. The van der Waals surface area contributed by atoms with Crippen LogP contribution in [0.5, 0.6) is 0 Å². The Morgan fingerprint density at radius 1 is 1.13 bits per heavy atom. The maximum Gasteiger partial charge on any atom is 0.325 e. The highest BCUT2D eigenvalue weighted by atomic mass is 32.1. The second-order valence-corrected chi connectivity index (χ2v) is 6.79. The molecule has 0 spiro atoms. The summed E-state index contributed by atoms with van der Waals surface area (Å²) in [5, 5.41) is 15.3. The third-order valence-electron chi connectivity index (χ3n) is 3.90. The molecule has 1 fully saturated rings. The summed E-state index contributed by atoms with van der Waals surface area (Å²) in [6.45, 7) is 6.00. The fraction of sp³-hybridized carbons (Fsp3) is 0.438. The van der Waals surface area contributed by atoms with Crippen molar-refractivity contribution in [2.75, 3.05) is 28.6 Å². The van der Waals surface area contributed by atoms with E-state index in [9.17, 15) is 4.79 Å². The molecule has 1 aromatic carbocycles. The summed E-state index contributed by atoms with van der Waals surface area (Å²) in [5.41, 5.74) is 2.94. The van der Waals surface area contributed by atoms with Gasteiger partial charge >= 0.3 is 6.03 Å². The Labute approximate surface area is 139 Å². The van der Waals surface area contributed by atoms with E-state index in [1.54, 1.807) is 0 Å². The van der Waals surface area contributed by atoms with E-state index in [-0.39, 0.29) is 6.03 Å². The number of anilines is 3. The maximum atomic E-state index is 12.1. The molecule has 0 aliphatic carbocycles. The SMILES string of the molecule is Cc1ccc(C)c(NC(=O)Nc2nnc(N3CCCCC3)s2)c1. The number of amides is 2. The van der Waals surface area contributed by atoms with Crippen molar-refractivity contribution in [1.82, 2.24) is 10.2 Å². The number of rotatable bonds is 3. The molecule has 1 aliphatic heterocycles. The molecule has 2 heterocycles. The normalized spacial score (nSPS) is 14.6. The third-order valence-corrected chi connectivity index (χ3v) is 4.80. The van der Waals surface area contributed by atoms with Gasteiger partial charge in [-0.2, -0.15) is 0 Å². The number of piperidine rings is 1. The van der Waals surface area contributed by atoms with Crippen molar-refractivity contribution in [3.63, 3.8) is 0 Å². The summed E-state index contributed by atoms with van der Waals surface area (Å²) in [6.07, 6.45) is 3.66. The molecule has 0 bridgehead atoms. The van der Waals surface area contributed by atoms with Crippen LogP contribution >= 0.6 is 11.3 Å². The van der Waals surface area contributed by atoms with Gasteiger partial charge in [0, 0.05) is 18.8 Å². The van der Waals surface area contributed by atoms with E-state index in [1.165, 1.54) is 30.6 Å². The average Bonchev–Trinajstić information content (AvgIpc) is 3.00. The summed E-state index contributed by atoms with van der Waals surface area (Å²) < 4.78 is 0. The molecule has 2 N–H and O–H groups in total. The first kappa shape index (κ1) is 15.7. The number of carbonyl (C=O) groups excluding carboxylic acids is 1. The minimum atomic E-state index is -0.292. The second-order valence-electron chi connectivity index (χ2n) is 5.83. The Morgan fingerprint density at radius 2 is 1.91 bits per heavy atom. The Balaban J connectivity index is 1.61. The van der Waals surface area contributed by atoms with Gasteiger partial charge in [0.15, 0.2) is 0 Å². The fourth-order valence-corrected chi connectivity index (χ4v) is 3.39. The molecule has 1 saturated heterocycles. The van der Waals surface area contributed by atoms with Crippen LogP contribution in [-0.4, -0.2) is 29.3 Å². The summed E-state index contributed by atoms with van der Waals surface area (Å²) in [5.74, 6) is 0. The molecule has 122 valence electrons. The number of benzene rings is 1. The Morgan fingerprint density at radius 3 is 2.70 bits per heavy atom. The van der Waals surface area contributed by atoms with Crippen LogP contribution in [0.15, 0.2) is 18.2 Å². The molecule has 0 radical (unpaired) electrons. The van der Waals surface area contributed by atoms with Gasteiger partial charge in [-0.25, -0.2) is 4.79 Å². The maximum absolute atomic E-state index is 12.1. The minimum Gasteiger partial charge on any atom is -0.347 e. The number of hydrogen-bond donors (Lipinski definition) is 2. The zero-order valence-corrected chi connectivity index (χ0v) is 14.2. The highest BCUT2D eigenvalue weighted by Gasteiger charge is 2.16. The summed E-state index contributed by atoms with van der Waals surface area (Å²) in [7, 11) is 0. The number of urea groups is 1. The molecule has 2 aromatic rings. The monoisotopic (exact) mass is 331 g/mol. The van der Waals surface area contributed by atoms with Gasteiger partial charge < -0.3 is 10.2 Å². The quantitative estimate of drug-likeness (QED) is 0.898. The lowest BCUT2D eigenvalue weighted by molar-refractivity contribution is 0.262. The van der Waals surface area contributed by atoms with E-state index in [2.05, 4.69) is 25.7 Å². The largest absolute Gasteiger partial charge is 0.347 e. The number of hydrogen-bond acceptors (Lipinski definition) is 5. The van der Waals surface area contributed by atoms with E-state index in [1.807, 2.05) is 32.0 Å². The molecule has 3 rings (SSSR count). The molecule has 7 heteroatoms. The lowest BCUT2D eigenvalue weighted by Crippen LogP contribution is -2.29. The molecule has 6 nitrogen and oxygen atoms in total. The van der Waals surface area contributed by atoms with E-state index >= 15 is 0 Å². The standard InChI is InChI=1S/C16H21N5OS/c1-11-6-7-12(2)13(10-11)17-14(22)18-15-19-20-16(23-15)21-8-4-3-5-9-21/h6-7,10H,3-5,8-9H2,1-2H3,(H2,17,18,19,22). The molecular weight excluding hydrogens is 310 g/mol. The topological polar surface area (TPSA) is 70.1 Å². The number of nitrogens with zero attached hydrogens (tertiary/aromatic N) is 3. The van der Waals surface area contributed by atoms with Crippen LogP contribution in [0.3, 0.4) is 0 Å². The van der Waals surface area contributed by atoms with Crippen molar-refractivity contribution in [2.24, 2.45) is 0 Å². The number of aromatic nitrogens is 2. The van der Waals surface area contributed by atoms with E-state index in [0.29, 0.717) is 5.13 Å². The fourth-order valence-electron chi connectivity index (χ4n) is 2.60. The Bertz CT molecular complexity index is 694. The highest BCUT2D eigenvalue weighted by molar-refractivity contribution is 7.19. The minimum absolute atomic E-state index is 0.292. The lowest BCUT2D eigenvalue weighted by Gasteiger charge is -2.25. The molecule has 2 amide bonds. The predicted molar refractivity (Wildman–Crippen MR) is 94.5 cm³/mol. The number of nitrogens with one attached hydrogen (secondary N) is 2. The Hall–Kier alpha value is -2.15. The van der Waals surface area contributed by atoms with Gasteiger partial charge in [-0.15, -0.1) is 10.2 Å². The van der Waals surface area contributed by atoms with Gasteiger partial charge in [0.05, 0.1) is 0 Å². The summed E-state index contributed by atoms with van der Waals surface area (Å²) >= 11 is 1.42. The second kappa shape index (κ2) is 6.95. The third kappa shape index (κ3) is 3.98. The summed E-state index contributed by atoms with van der Waals surface area (Å²) in [4.78, 5) is 14.4. The van der Waals surface area contributed by atoms with Crippen LogP contribution < -0.4 is 15.5 Å². The average molecular weight is 331 g/mol. The van der Waals surface area contributed by atoms with Crippen molar-refractivity contribution in [3.05, 3.63) is 29.3 Å². The van der Waals surface area contributed by atoms with Gasteiger partial charge in [-0.05, 0) is 50.3 Å². The molecular formula is C16H21N5OS. The summed E-state index contributed by atoms with van der Waals surface area (Å²) in [6, 6.07) is 5.67. The van der Waals surface area contributed by atoms with Crippen LogP contribution in [0.4, 0.5) is 20.7 Å². The zero-order chi connectivity index (χ0) is 16.2. The van der Waals surface area contributed by atoms with E-state index in [0.717, 1.165) is 35.0 Å². The highest BCUT2D eigenvalue weighted by Crippen LogP contribution is 2.26. The van der Waals surface area contributed by atoms with Crippen LogP contribution in [0, 0.1) is 13.8 Å². The van der Waals surface area contributed by atoms with Gasteiger partial charge in [0.1, 0.15) is 0 Å². The van der Waals surface area contributed by atoms with Gasteiger partial charge in [-0.3, -0.25) is 5.32 Å². The molecule has 0 saturated carbocycles. The number of aryl methyl sites for hydroxylation is 2. The van der Waals surface area contributed by atoms with Crippen molar-refractivity contribution in [3.8, 4) is 0 Å². The molecule has 0 unspecified atom stereocenters. The Kier molecular flexibility index (Phi) is 4.76. The van der Waals surface area contributed by atoms with Gasteiger partial charge in [-0.1, -0.05) is 23.5 Å².